The lowest BCUT2D eigenvalue weighted by atomic mass is 9.78. The summed E-state index contributed by atoms with van der Waals surface area (Å²) in [6, 6.07) is 0. The van der Waals surface area contributed by atoms with Crippen molar-refractivity contribution < 1.29 is 8.42 Å². The second-order valence-electron chi connectivity index (χ2n) is 4.86. The molecule has 0 saturated heterocycles. The normalized spacial score (nSPS) is 18.6. The van der Waals surface area contributed by atoms with Crippen LogP contribution in [0, 0.1) is 6.92 Å². The smallest absolute Gasteiger partial charge is 0.260 e. The van der Waals surface area contributed by atoms with Crippen molar-refractivity contribution in [2.45, 2.75) is 50.2 Å². The van der Waals surface area contributed by atoms with Crippen molar-refractivity contribution in [2.24, 2.45) is 5.73 Å². The molecule has 0 bridgehead atoms. The highest BCUT2D eigenvalue weighted by atomic mass is 32.2. The van der Waals surface area contributed by atoms with Gasteiger partial charge < -0.3 is 10.3 Å². The molecule has 0 unspecified atom stereocenters. The van der Waals surface area contributed by atoms with Crippen LogP contribution in [0.25, 0.3) is 0 Å². The third kappa shape index (κ3) is 2.30. The predicted octanol–water partition coefficient (Wildman–Crippen LogP) is 0.371. The van der Waals surface area contributed by atoms with Gasteiger partial charge in [0, 0.05) is 24.8 Å². The summed E-state index contributed by atoms with van der Waals surface area (Å²) in [4.78, 5) is 4.10. The number of hydrogen-bond donors (Lipinski definition) is 2. The number of aryl methyl sites for hydroxylation is 2. The Morgan fingerprint density at radius 3 is 2.61 bits per heavy atom. The van der Waals surface area contributed by atoms with Crippen LogP contribution in [0.15, 0.2) is 11.2 Å². The van der Waals surface area contributed by atoms with Crippen LogP contribution in [0.1, 0.15) is 32.0 Å². The van der Waals surface area contributed by atoms with Crippen LogP contribution in [-0.2, 0) is 16.6 Å². The van der Waals surface area contributed by atoms with E-state index in [4.69, 9.17) is 5.73 Å². The highest BCUT2D eigenvalue weighted by Crippen LogP contribution is 2.32. The van der Waals surface area contributed by atoms with Gasteiger partial charge >= 0.3 is 0 Å². The van der Waals surface area contributed by atoms with Crippen molar-refractivity contribution in [3.05, 3.63) is 12.0 Å². The van der Waals surface area contributed by atoms with E-state index in [2.05, 4.69) is 9.71 Å². The summed E-state index contributed by atoms with van der Waals surface area (Å²) in [7, 11) is -3.56. The van der Waals surface area contributed by atoms with Crippen LogP contribution < -0.4 is 10.5 Å². The van der Waals surface area contributed by atoms with Gasteiger partial charge in [0.1, 0.15) is 5.82 Å². The average Bonchev–Trinajstić information content (AvgIpc) is 2.66. The summed E-state index contributed by atoms with van der Waals surface area (Å²) in [5.74, 6) is 0.702. The Bertz CT molecular complexity index is 526. The van der Waals surface area contributed by atoms with Gasteiger partial charge in [0.25, 0.3) is 10.0 Å². The molecule has 0 radical (unpaired) electrons. The van der Waals surface area contributed by atoms with Crippen LogP contribution in [0.4, 0.5) is 0 Å². The first kappa shape index (κ1) is 13.5. The van der Waals surface area contributed by atoms with Gasteiger partial charge in [-0.25, -0.2) is 18.1 Å². The molecule has 18 heavy (non-hydrogen) atoms. The molecule has 1 fully saturated rings. The van der Waals surface area contributed by atoms with Gasteiger partial charge in [-0.05, 0) is 33.1 Å². The van der Waals surface area contributed by atoms with E-state index in [1.807, 2.05) is 11.5 Å². The molecule has 1 aliphatic rings. The van der Waals surface area contributed by atoms with E-state index in [9.17, 15) is 8.42 Å². The third-order valence-corrected chi connectivity index (χ3v) is 5.07. The van der Waals surface area contributed by atoms with Crippen molar-refractivity contribution >= 4 is 10.0 Å². The lowest BCUT2D eigenvalue weighted by molar-refractivity contribution is 0.230. The molecular weight excluding hydrogens is 252 g/mol. The molecule has 0 aromatic carbocycles. The summed E-state index contributed by atoms with van der Waals surface area (Å²) in [6.45, 7) is 4.78. The maximum absolute atomic E-state index is 12.2. The summed E-state index contributed by atoms with van der Waals surface area (Å²) in [5, 5.41) is 0.0848. The first-order chi connectivity index (χ1) is 8.42. The molecule has 3 N–H and O–H groups in total. The molecule has 6 nitrogen and oxygen atoms in total. The number of nitrogens with one attached hydrogen (secondary N) is 1. The van der Waals surface area contributed by atoms with Crippen molar-refractivity contribution in [2.75, 3.05) is 6.54 Å². The zero-order valence-corrected chi connectivity index (χ0v) is 11.6. The van der Waals surface area contributed by atoms with E-state index < -0.39 is 15.6 Å². The first-order valence-electron chi connectivity index (χ1n) is 6.20. The van der Waals surface area contributed by atoms with Crippen molar-refractivity contribution in [3.63, 3.8) is 0 Å². The van der Waals surface area contributed by atoms with Crippen molar-refractivity contribution in [1.29, 1.82) is 0 Å². The number of nitrogens with zero attached hydrogens (tertiary/aromatic N) is 2. The molecule has 0 spiro atoms. The maximum Gasteiger partial charge on any atom is 0.260 e. The van der Waals surface area contributed by atoms with Gasteiger partial charge in [0.2, 0.25) is 0 Å². The highest BCUT2D eigenvalue weighted by molar-refractivity contribution is 7.89. The fourth-order valence-electron chi connectivity index (χ4n) is 2.22. The van der Waals surface area contributed by atoms with Crippen LogP contribution in [-0.4, -0.2) is 30.1 Å². The van der Waals surface area contributed by atoms with Gasteiger partial charge in [-0.2, -0.15) is 0 Å². The lowest BCUT2D eigenvalue weighted by Gasteiger charge is -2.40. The van der Waals surface area contributed by atoms with Crippen LogP contribution in [0.5, 0.6) is 0 Å². The number of rotatable bonds is 5. The largest absolute Gasteiger partial charge is 0.334 e. The monoisotopic (exact) mass is 272 g/mol. The molecule has 1 aromatic heterocycles. The van der Waals surface area contributed by atoms with Crippen LogP contribution in [0.3, 0.4) is 0 Å². The molecular formula is C11H20N4O2S. The number of sulfonamides is 1. The Labute approximate surface area is 108 Å². The zero-order chi connectivity index (χ0) is 13.4. The Morgan fingerprint density at radius 1 is 1.56 bits per heavy atom. The minimum atomic E-state index is -3.56. The quantitative estimate of drug-likeness (QED) is 0.810. The molecule has 1 aliphatic carbocycles. The fourth-order valence-corrected chi connectivity index (χ4v) is 3.70. The number of nitrogens with two attached hydrogens (primary N) is 1. The lowest BCUT2D eigenvalue weighted by Crippen LogP contribution is -2.58. The summed E-state index contributed by atoms with van der Waals surface area (Å²) in [6.07, 6.45) is 4.19. The Morgan fingerprint density at radius 2 is 2.22 bits per heavy atom. The zero-order valence-electron chi connectivity index (χ0n) is 10.8. The van der Waals surface area contributed by atoms with Gasteiger partial charge in [0.05, 0.1) is 0 Å². The van der Waals surface area contributed by atoms with E-state index in [1.54, 1.807) is 13.1 Å². The van der Waals surface area contributed by atoms with Crippen molar-refractivity contribution in [3.8, 4) is 0 Å². The van der Waals surface area contributed by atoms with Gasteiger partial charge in [-0.15, -0.1) is 0 Å². The second kappa shape index (κ2) is 4.64. The maximum atomic E-state index is 12.2. The molecule has 1 saturated carbocycles. The molecule has 2 rings (SSSR count). The average molecular weight is 272 g/mol. The van der Waals surface area contributed by atoms with Crippen LogP contribution >= 0.6 is 0 Å². The highest BCUT2D eigenvalue weighted by Gasteiger charge is 2.40. The topological polar surface area (TPSA) is 90.0 Å². The summed E-state index contributed by atoms with van der Waals surface area (Å²) in [5.41, 5.74) is 5.21. The number of hydrogen-bond acceptors (Lipinski definition) is 4. The standard InChI is InChI=1S/C11H20N4O2S/c1-3-15-7-10(13-9(15)2)18(16,17)14-11(8-12)5-4-6-11/h7,14H,3-6,8,12H2,1-2H3. The Balaban J connectivity index is 2.25. The summed E-state index contributed by atoms with van der Waals surface area (Å²) >= 11 is 0. The summed E-state index contributed by atoms with van der Waals surface area (Å²) < 4.78 is 29.0. The van der Waals surface area contributed by atoms with E-state index in [-0.39, 0.29) is 5.03 Å². The molecule has 0 atom stereocenters. The van der Waals surface area contributed by atoms with Gasteiger partial charge in [-0.3, -0.25) is 0 Å². The Hall–Kier alpha value is -0.920. The van der Waals surface area contributed by atoms with Crippen molar-refractivity contribution in [1.82, 2.24) is 14.3 Å². The van der Waals surface area contributed by atoms with E-state index in [1.165, 1.54) is 0 Å². The Kier molecular flexibility index (Phi) is 3.48. The molecule has 102 valence electrons. The van der Waals surface area contributed by atoms with Gasteiger partial charge in [-0.1, -0.05) is 0 Å². The van der Waals surface area contributed by atoms with E-state index in [0.29, 0.717) is 18.9 Å². The molecule has 7 heteroatoms. The number of aromatic nitrogens is 2. The van der Waals surface area contributed by atoms with Crippen LogP contribution in [0.2, 0.25) is 0 Å². The molecule has 1 heterocycles. The molecule has 0 aliphatic heterocycles. The predicted molar refractivity (Wildman–Crippen MR) is 68.6 cm³/mol. The SMILES string of the molecule is CCn1cc(S(=O)(=O)NC2(CN)CCC2)nc1C. The number of imidazole rings is 1. The van der Waals surface area contributed by atoms with E-state index >= 15 is 0 Å². The molecule has 1 aromatic rings. The second-order valence-corrected chi connectivity index (χ2v) is 6.49. The van der Waals surface area contributed by atoms with Gasteiger partial charge in [0.15, 0.2) is 5.03 Å². The van der Waals surface area contributed by atoms with E-state index in [0.717, 1.165) is 19.3 Å². The molecule has 0 amide bonds. The first-order valence-corrected chi connectivity index (χ1v) is 7.68. The fraction of sp³-hybridized carbons (Fsp3) is 0.727. The minimum absolute atomic E-state index is 0.0848. The third-order valence-electron chi connectivity index (χ3n) is 3.62. The minimum Gasteiger partial charge on any atom is -0.334 e.